The lowest BCUT2D eigenvalue weighted by Gasteiger charge is -2.53. The molecule has 2 N–H and O–H groups in total. The fraction of sp³-hybridized carbons (Fsp3) is 0.625. The minimum absolute atomic E-state index is 0.179. The van der Waals surface area contributed by atoms with Gasteiger partial charge in [-0.2, -0.15) is 0 Å². The van der Waals surface area contributed by atoms with E-state index in [4.69, 9.17) is 10.5 Å². The summed E-state index contributed by atoms with van der Waals surface area (Å²) in [5, 5.41) is 0. The van der Waals surface area contributed by atoms with E-state index in [2.05, 4.69) is 45.9 Å². The van der Waals surface area contributed by atoms with Crippen LogP contribution in [-0.2, 0) is 0 Å². The van der Waals surface area contributed by atoms with Gasteiger partial charge in [-0.3, -0.25) is 0 Å². The van der Waals surface area contributed by atoms with Gasteiger partial charge >= 0.3 is 0 Å². The first-order valence-corrected chi connectivity index (χ1v) is 7.03. The Morgan fingerprint density at radius 1 is 1.22 bits per heavy atom. The number of ether oxygens (including phenoxy) is 1. The Hall–Kier alpha value is -1.02. The summed E-state index contributed by atoms with van der Waals surface area (Å²) in [4.78, 5) is 0. The van der Waals surface area contributed by atoms with Crippen LogP contribution in [0.5, 0.6) is 5.75 Å². The second kappa shape index (κ2) is 4.93. The summed E-state index contributed by atoms with van der Waals surface area (Å²) in [5.41, 5.74) is 8.97. The number of hydrogen-bond acceptors (Lipinski definition) is 2. The van der Waals surface area contributed by atoms with Crippen molar-refractivity contribution in [3.05, 3.63) is 29.3 Å². The molecule has 1 aliphatic rings. The zero-order valence-electron chi connectivity index (χ0n) is 12.0. The zero-order chi connectivity index (χ0) is 13.3. The number of hydrogen-bond donors (Lipinski definition) is 1. The molecule has 1 saturated carbocycles. The van der Waals surface area contributed by atoms with E-state index in [1.807, 2.05) is 0 Å². The van der Waals surface area contributed by atoms with Crippen molar-refractivity contribution in [2.24, 2.45) is 11.1 Å². The molecule has 2 heteroatoms. The lowest BCUT2D eigenvalue weighted by molar-refractivity contribution is -0.0722. The molecule has 0 bridgehead atoms. The summed E-state index contributed by atoms with van der Waals surface area (Å²) in [7, 11) is 0. The molecule has 100 valence electrons. The quantitative estimate of drug-likeness (QED) is 0.882. The van der Waals surface area contributed by atoms with Gasteiger partial charge in [0, 0.05) is 17.9 Å². The molecule has 2 rings (SSSR count). The Kier molecular flexibility index (Phi) is 3.67. The van der Waals surface area contributed by atoms with Gasteiger partial charge in [0.05, 0.1) is 0 Å². The summed E-state index contributed by atoms with van der Waals surface area (Å²) in [6.45, 7) is 8.70. The molecule has 18 heavy (non-hydrogen) atoms. The standard InChI is InChI=1S/C16H25NO/c1-5-16(6-2)14(17)10-15(16)18-13-8-7-11(3)12(4)9-13/h7-9,14-15H,5-6,10,17H2,1-4H3. The lowest BCUT2D eigenvalue weighted by atomic mass is 9.59. The smallest absolute Gasteiger partial charge is 0.120 e. The first kappa shape index (κ1) is 13.4. The Morgan fingerprint density at radius 2 is 1.89 bits per heavy atom. The number of benzene rings is 1. The van der Waals surface area contributed by atoms with Crippen molar-refractivity contribution in [3.63, 3.8) is 0 Å². The molecule has 0 saturated heterocycles. The summed E-state index contributed by atoms with van der Waals surface area (Å²) < 4.78 is 6.17. The predicted octanol–water partition coefficient (Wildman–Crippen LogP) is 3.59. The molecule has 1 aliphatic carbocycles. The Balaban J connectivity index is 2.12. The van der Waals surface area contributed by atoms with Crippen LogP contribution >= 0.6 is 0 Å². The van der Waals surface area contributed by atoms with Gasteiger partial charge in [0.2, 0.25) is 0 Å². The van der Waals surface area contributed by atoms with Gasteiger partial charge in [-0.15, -0.1) is 0 Å². The minimum atomic E-state index is 0.179. The Labute approximate surface area is 111 Å². The second-order valence-corrected chi connectivity index (χ2v) is 5.64. The van der Waals surface area contributed by atoms with Crippen molar-refractivity contribution in [2.45, 2.75) is 59.1 Å². The fourth-order valence-electron chi connectivity index (χ4n) is 3.13. The van der Waals surface area contributed by atoms with Gasteiger partial charge < -0.3 is 10.5 Å². The van der Waals surface area contributed by atoms with Gasteiger partial charge in [0.25, 0.3) is 0 Å². The predicted molar refractivity (Wildman–Crippen MR) is 75.9 cm³/mol. The van der Waals surface area contributed by atoms with Crippen LogP contribution in [0.4, 0.5) is 0 Å². The third-order valence-electron chi connectivity index (χ3n) is 4.92. The molecular weight excluding hydrogens is 222 g/mol. The molecule has 2 atom stereocenters. The molecular formula is C16H25NO. The molecule has 1 fully saturated rings. The van der Waals surface area contributed by atoms with E-state index in [9.17, 15) is 0 Å². The normalized spacial score (nSPS) is 25.6. The van der Waals surface area contributed by atoms with E-state index in [1.165, 1.54) is 11.1 Å². The van der Waals surface area contributed by atoms with Crippen LogP contribution in [0, 0.1) is 19.3 Å². The lowest BCUT2D eigenvalue weighted by Crippen LogP contribution is -2.62. The molecule has 0 aliphatic heterocycles. The van der Waals surface area contributed by atoms with Crippen LogP contribution < -0.4 is 10.5 Å². The van der Waals surface area contributed by atoms with Gasteiger partial charge in [-0.25, -0.2) is 0 Å². The monoisotopic (exact) mass is 247 g/mol. The highest BCUT2D eigenvalue weighted by Crippen LogP contribution is 2.47. The van der Waals surface area contributed by atoms with Crippen molar-refractivity contribution in [1.29, 1.82) is 0 Å². The van der Waals surface area contributed by atoms with E-state index >= 15 is 0 Å². The fourth-order valence-corrected chi connectivity index (χ4v) is 3.13. The molecule has 0 amide bonds. The first-order chi connectivity index (χ1) is 8.53. The first-order valence-electron chi connectivity index (χ1n) is 7.03. The summed E-state index contributed by atoms with van der Waals surface area (Å²) in [5.74, 6) is 0.987. The summed E-state index contributed by atoms with van der Waals surface area (Å²) >= 11 is 0. The summed E-state index contributed by atoms with van der Waals surface area (Å²) in [6, 6.07) is 6.63. The zero-order valence-corrected chi connectivity index (χ0v) is 12.0. The van der Waals surface area contributed by atoms with Crippen molar-refractivity contribution in [1.82, 2.24) is 0 Å². The second-order valence-electron chi connectivity index (χ2n) is 5.64. The van der Waals surface area contributed by atoms with E-state index in [1.54, 1.807) is 0 Å². The van der Waals surface area contributed by atoms with Crippen LogP contribution in [0.3, 0.4) is 0 Å². The third kappa shape index (κ3) is 2.03. The molecule has 2 unspecified atom stereocenters. The maximum absolute atomic E-state index is 6.20. The molecule has 0 aromatic heterocycles. The van der Waals surface area contributed by atoms with Crippen molar-refractivity contribution < 1.29 is 4.74 Å². The van der Waals surface area contributed by atoms with Crippen LogP contribution in [0.15, 0.2) is 18.2 Å². The molecule has 2 nitrogen and oxygen atoms in total. The minimum Gasteiger partial charge on any atom is -0.490 e. The molecule has 0 heterocycles. The van der Waals surface area contributed by atoms with Crippen molar-refractivity contribution >= 4 is 0 Å². The van der Waals surface area contributed by atoms with E-state index in [0.29, 0.717) is 6.04 Å². The van der Waals surface area contributed by atoms with E-state index in [-0.39, 0.29) is 11.5 Å². The van der Waals surface area contributed by atoms with Gasteiger partial charge in [0.15, 0.2) is 0 Å². The van der Waals surface area contributed by atoms with E-state index in [0.717, 1.165) is 25.0 Å². The average Bonchev–Trinajstić information content (AvgIpc) is 2.35. The average molecular weight is 247 g/mol. The highest BCUT2D eigenvalue weighted by atomic mass is 16.5. The van der Waals surface area contributed by atoms with Crippen molar-refractivity contribution in [2.75, 3.05) is 0 Å². The maximum atomic E-state index is 6.20. The SMILES string of the molecule is CCC1(CC)C(N)CC1Oc1ccc(C)c(C)c1. The van der Waals surface area contributed by atoms with Crippen LogP contribution in [-0.4, -0.2) is 12.1 Å². The Bertz CT molecular complexity index is 423. The van der Waals surface area contributed by atoms with Crippen molar-refractivity contribution in [3.8, 4) is 5.75 Å². The summed E-state index contributed by atoms with van der Waals surface area (Å²) in [6.07, 6.45) is 3.46. The maximum Gasteiger partial charge on any atom is 0.120 e. The van der Waals surface area contributed by atoms with Gasteiger partial charge in [-0.05, 0) is 49.9 Å². The van der Waals surface area contributed by atoms with Crippen LogP contribution in [0.1, 0.15) is 44.2 Å². The molecule has 1 aromatic carbocycles. The largest absolute Gasteiger partial charge is 0.490 e. The van der Waals surface area contributed by atoms with Crippen LogP contribution in [0.2, 0.25) is 0 Å². The third-order valence-corrected chi connectivity index (χ3v) is 4.92. The molecule has 0 spiro atoms. The van der Waals surface area contributed by atoms with Gasteiger partial charge in [0.1, 0.15) is 11.9 Å². The molecule has 0 radical (unpaired) electrons. The molecule has 1 aromatic rings. The Morgan fingerprint density at radius 3 is 2.39 bits per heavy atom. The number of aryl methyl sites for hydroxylation is 2. The highest BCUT2D eigenvalue weighted by molar-refractivity contribution is 5.34. The van der Waals surface area contributed by atoms with Gasteiger partial charge in [-0.1, -0.05) is 19.9 Å². The van der Waals surface area contributed by atoms with Crippen LogP contribution in [0.25, 0.3) is 0 Å². The number of rotatable bonds is 4. The topological polar surface area (TPSA) is 35.2 Å². The number of nitrogens with two attached hydrogens (primary N) is 1. The van der Waals surface area contributed by atoms with E-state index < -0.39 is 0 Å². The highest BCUT2D eigenvalue weighted by Gasteiger charge is 2.52.